The van der Waals surface area contributed by atoms with Crippen molar-refractivity contribution in [3.63, 3.8) is 0 Å². The lowest BCUT2D eigenvalue weighted by Gasteiger charge is -2.28. The number of hydrogen-bond acceptors (Lipinski definition) is 4. The summed E-state index contributed by atoms with van der Waals surface area (Å²) in [7, 11) is -3.01. The lowest BCUT2D eigenvalue weighted by atomic mass is 9.81. The first-order valence-electron chi connectivity index (χ1n) is 9.35. The third kappa shape index (κ3) is 5.51. The number of rotatable bonds is 5. The Kier molecular flexibility index (Phi) is 6.14. The first-order valence-corrected chi connectivity index (χ1v) is 11.2. The number of carbonyl (C=O) groups is 2. The number of hydrogen-bond donors (Lipinski definition) is 2. The summed E-state index contributed by atoms with van der Waals surface area (Å²) in [6.45, 7) is 0.357. The molecule has 1 aliphatic heterocycles. The van der Waals surface area contributed by atoms with Gasteiger partial charge in [-0.05, 0) is 49.8 Å². The zero-order valence-corrected chi connectivity index (χ0v) is 15.9. The summed E-state index contributed by atoms with van der Waals surface area (Å²) in [5, 5.41) is 5.72. The summed E-state index contributed by atoms with van der Waals surface area (Å²) in [4.78, 5) is 24.7. The minimum Gasteiger partial charge on any atom is -0.352 e. The smallest absolute Gasteiger partial charge is 0.223 e. The largest absolute Gasteiger partial charge is 0.352 e. The predicted molar refractivity (Wildman–Crippen MR) is 98.9 cm³/mol. The molecule has 6 nitrogen and oxygen atoms in total. The summed E-state index contributed by atoms with van der Waals surface area (Å²) in [6.07, 6.45) is 3.00. The molecule has 148 valence electrons. The molecule has 1 atom stereocenters. The van der Waals surface area contributed by atoms with Gasteiger partial charge in [-0.25, -0.2) is 12.8 Å². The van der Waals surface area contributed by atoms with Crippen LogP contribution in [0.5, 0.6) is 0 Å². The van der Waals surface area contributed by atoms with Crippen LogP contribution < -0.4 is 10.6 Å². The van der Waals surface area contributed by atoms with Gasteiger partial charge in [-0.1, -0.05) is 12.1 Å². The van der Waals surface area contributed by atoms with Crippen LogP contribution in [0.15, 0.2) is 24.3 Å². The number of benzene rings is 1. The number of nitrogens with one attached hydrogen (secondary N) is 2. The molecule has 0 radical (unpaired) electrons. The topological polar surface area (TPSA) is 92.3 Å². The van der Waals surface area contributed by atoms with Crippen molar-refractivity contribution in [3.05, 3.63) is 35.6 Å². The van der Waals surface area contributed by atoms with Crippen LogP contribution in [0.3, 0.4) is 0 Å². The fourth-order valence-corrected chi connectivity index (χ4v) is 5.45. The van der Waals surface area contributed by atoms with Gasteiger partial charge in [-0.2, -0.15) is 0 Å². The van der Waals surface area contributed by atoms with Crippen LogP contribution >= 0.6 is 0 Å². The number of halogens is 1. The lowest BCUT2D eigenvalue weighted by Crippen LogP contribution is -2.42. The molecule has 0 spiro atoms. The molecule has 0 aromatic heterocycles. The molecule has 2 amide bonds. The SMILES string of the molecule is O=C(NCc1ccc(F)cc1)C1CCC(C(=O)NC2CCS(=O)(=O)C2)CC1. The van der Waals surface area contributed by atoms with Gasteiger partial charge < -0.3 is 10.6 Å². The van der Waals surface area contributed by atoms with E-state index < -0.39 is 9.84 Å². The van der Waals surface area contributed by atoms with Crippen LogP contribution in [0.1, 0.15) is 37.7 Å². The van der Waals surface area contributed by atoms with E-state index in [0.29, 0.717) is 38.6 Å². The minimum absolute atomic E-state index is 0.0277. The molecule has 27 heavy (non-hydrogen) atoms. The van der Waals surface area contributed by atoms with Crippen molar-refractivity contribution in [2.45, 2.75) is 44.7 Å². The average molecular weight is 396 g/mol. The Hall–Kier alpha value is -1.96. The van der Waals surface area contributed by atoms with E-state index in [4.69, 9.17) is 0 Å². The van der Waals surface area contributed by atoms with Gasteiger partial charge in [0.15, 0.2) is 9.84 Å². The van der Waals surface area contributed by atoms with Crippen LogP contribution in [0.2, 0.25) is 0 Å². The first-order chi connectivity index (χ1) is 12.8. The average Bonchev–Trinajstić information content (AvgIpc) is 2.99. The third-order valence-electron chi connectivity index (χ3n) is 5.43. The third-order valence-corrected chi connectivity index (χ3v) is 7.20. The second-order valence-corrected chi connectivity index (χ2v) is 9.73. The number of amides is 2. The van der Waals surface area contributed by atoms with Crippen molar-refractivity contribution in [1.29, 1.82) is 0 Å². The Morgan fingerprint density at radius 3 is 2.11 bits per heavy atom. The minimum atomic E-state index is -3.01. The van der Waals surface area contributed by atoms with E-state index in [-0.39, 0.29) is 47.0 Å². The normalized spacial score (nSPS) is 27.1. The van der Waals surface area contributed by atoms with Gasteiger partial charge >= 0.3 is 0 Å². The number of carbonyl (C=O) groups excluding carboxylic acids is 2. The Balaban J connectivity index is 1.40. The quantitative estimate of drug-likeness (QED) is 0.790. The van der Waals surface area contributed by atoms with Crippen LogP contribution in [-0.4, -0.2) is 37.8 Å². The first kappa shape index (κ1) is 19.8. The van der Waals surface area contributed by atoms with E-state index in [1.54, 1.807) is 12.1 Å². The molecule has 1 aromatic rings. The van der Waals surface area contributed by atoms with Crippen LogP contribution in [0.4, 0.5) is 4.39 Å². The Labute approximate surface area is 158 Å². The molecule has 1 unspecified atom stereocenters. The molecule has 2 fully saturated rings. The molecule has 2 N–H and O–H groups in total. The van der Waals surface area contributed by atoms with E-state index >= 15 is 0 Å². The molecular weight excluding hydrogens is 371 g/mol. The van der Waals surface area contributed by atoms with Gasteiger partial charge in [0.2, 0.25) is 11.8 Å². The molecule has 3 rings (SSSR count). The monoisotopic (exact) mass is 396 g/mol. The highest BCUT2D eigenvalue weighted by atomic mass is 32.2. The lowest BCUT2D eigenvalue weighted by molar-refractivity contribution is -0.130. The predicted octanol–water partition coefficient (Wildman–Crippen LogP) is 1.55. The van der Waals surface area contributed by atoms with E-state index in [2.05, 4.69) is 10.6 Å². The second-order valence-electron chi connectivity index (χ2n) is 7.50. The van der Waals surface area contributed by atoms with E-state index in [9.17, 15) is 22.4 Å². The fraction of sp³-hybridized carbons (Fsp3) is 0.579. The highest BCUT2D eigenvalue weighted by Crippen LogP contribution is 2.29. The summed E-state index contributed by atoms with van der Waals surface area (Å²) >= 11 is 0. The Morgan fingerprint density at radius 2 is 1.56 bits per heavy atom. The van der Waals surface area contributed by atoms with Gasteiger partial charge in [-0.3, -0.25) is 9.59 Å². The highest BCUT2D eigenvalue weighted by molar-refractivity contribution is 7.91. The van der Waals surface area contributed by atoms with Crippen molar-refractivity contribution in [2.75, 3.05) is 11.5 Å². The molecule has 2 aliphatic rings. The van der Waals surface area contributed by atoms with Crippen molar-refractivity contribution in [3.8, 4) is 0 Å². The van der Waals surface area contributed by atoms with Gasteiger partial charge in [0.25, 0.3) is 0 Å². The fourth-order valence-electron chi connectivity index (χ4n) is 3.78. The van der Waals surface area contributed by atoms with Gasteiger partial charge in [0, 0.05) is 24.4 Å². The van der Waals surface area contributed by atoms with E-state index in [0.717, 1.165) is 5.56 Å². The molecule has 1 saturated heterocycles. The van der Waals surface area contributed by atoms with Gasteiger partial charge in [0.05, 0.1) is 11.5 Å². The van der Waals surface area contributed by atoms with Crippen LogP contribution in [0, 0.1) is 17.7 Å². The maximum Gasteiger partial charge on any atom is 0.223 e. The van der Waals surface area contributed by atoms with Crippen LogP contribution in [0.25, 0.3) is 0 Å². The Bertz CT molecular complexity index is 786. The van der Waals surface area contributed by atoms with E-state index in [1.807, 2.05) is 0 Å². The highest BCUT2D eigenvalue weighted by Gasteiger charge is 2.33. The zero-order valence-electron chi connectivity index (χ0n) is 15.1. The van der Waals surface area contributed by atoms with Crippen molar-refractivity contribution in [1.82, 2.24) is 10.6 Å². The summed E-state index contributed by atoms with van der Waals surface area (Å²) in [5.74, 6) is -0.561. The second kappa shape index (κ2) is 8.37. The molecule has 8 heteroatoms. The van der Waals surface area contributed by atoms with Crippen molar-refractivity contribution in [2.24, 2.45) is 11.8 Å². The van der Waals surface area contributed by atoms with Crippen LogP contribution in [-0.2, 0) is 26.0 Å². The summed E-state index contributed by atoms with van der Waals surface area (Å²) in [5.41, 5.74) is 0.837. The van der Waals surface area contributed by atoms with Crippen molar-refractivity contribution >= 4 is 21.7 Å². The van der Waals surface area contributed by atoms with Gasteiger partial charge in [0.1, 0.15) is 5.82 Å². The maximum atomic E-state index is 12.9. The maximum absolute atomic E-state index is 12.9. The van der Waals surface area contributed by atoms with Gasteiger partial charge in [-0.15, -0.1) is 0 Å². The molecular formula is C19H25FN2O4S. The molecule has 0 bridgehead atoms. The summed E-state index contributed by atoms with van der Waals surface area (Å²) < 4.78 is 35.9. The molecule has 1 heterocycles. The molecule has 1 aliphatic carbocycles. The molecule has 1 aromatic carbocycles. The standard InChI is InChI=1S/C19H25FN2O4S/c20-16-7-1-13(2-8-16)11-21-18(23)14-3-5-15(6-4-14)19(24)22-17-9-10-27(25,26)12-17/h1-2,7-8,14-15,17H,3-6,9-12H2,(H,21,23)(H,22,24). The number of sulfone groups is 1. The summed E-state index contributed by atoms with van der Waals surface area (Å²) in [6, 6.07) is 5.72. The zero-order chi connectivity index (χ0) is 19.4. The van der Waals surface area contributed by atoms with E-state index in [1.165, 1.54) is 12.1 Å². The molecule has 1 saturated carbocycles. The Morgan fingerprint density at radius 1 is 0.963 bits per heavy atom. The van der Waals surface area contributed by atoms with Crippen molar-refractivity contribution < 1.29 is 22.4 Å².